The van der Waals surface area contributed by atoms with Gasteiger partial charge in [-0.25, -0.2) is 19.6 Å². The molecule has 4 aliphatic rings. The highest BCUT2D eigenvalue weighted by molar-refractivity contribution is 5.87. The highest BCUT2D eigenvalue weighted by atomic mass is 16.5. The van der Waals surface area contributed by atoms with Crippen LogP contribution in [0.2, 0.25) is 0 Å². The molecule has 2 aromatic heterocycles. The Kier molecular flexibility index (Phi) is 13.1. The highest BCUT2D eigenvalue weighted by Gasteiger charge is 2.40. The zero-order chi connectivity index (χ0) is 46.9. The van der Waals surface area contributed by atoms with Crippen molar-refractivity contribution in [2.75, 3.05) is 25.1 Å². The lowest BCUT2D eigenvalue weighted by Crippen LogP contribution is -2.51. The summed E-state index contributed by atoms with van der Waals surface area (Å²) in [7, 11) is 1.30. The number of benzene rings is 3. The third kappa shape index (κ3) is 9.50. The summed E-state index contributed by atoms with van der Waals surface area (Å²) in [5, 5.41) is 14.5. The quantitative estimate of drug-likeness (QED) is 0.0723. The van der Waals surface area contributed by atoms with Crippen molar-refractivity contribution in [1.29, 1.82) is 0 Å². The molecular formula is C52H63N9O6. The van der Waals surface area contributed by atoms with Gasteiger partial charge in [0.2, 0.25) is 11.8 Å². The fourth-order valence-electron chi connectivity index (χ4n) is 10.6. The molecule has 6 atom stereocenters. The smallest absolute Gasteiger partial charge is 0.407 e. The number of alkyl carbamates (subject to hydrolysis) is 1. The van der Waals surface area contributed by atoms with Crippen molar-refractivity contribution < 1.29 is 29.0 Å². The van der Waals surface area contributed by atoms with Gasteiger partial charge in [0.1, 0.15) is 23.7 Å². The number of nitrogens with one attached hydrogen (secondary N) is 4. The fourth-order valence-corrected chi connectivity index (χ4v) is 10.6. The van der Waals surface area contributed by atoms with E-state index in [1.165, 1.54) is 42.3 Å². The Hall–Kier alpha value is -6.64. The van der Waals surface area contributed by atoms with Crippen molar-refractivity contribution in [3.63, 3.8) is 0 Å². The number of amides is 4. The van der Waals surface area contributed by atoms with Gasteiger partial charge in [0, 0.05) is 42.3 Å². The summed E-state index contributed by atoms with van der Waals surface area (Å²) >= 11 is 0. The van der Waals surface area contributed by atoms with E-state index < -0.39 is 24.3 Å². The number of aromatic nitrogens is 4. The Morgan fingerprint density at radius 2 is 1.06 bits per heavy atom. The Morgan fingerprint density at radius 1 is 0.612 bits per heavy atom. The van der Waals surface area contributed by atoms with E-state index in [1.807, 2.05) is 45.0 Å². The SMILES string of the molecule is COC(=O)N[C@H](C(=O)N1CCC[C@H]1c1nc(-c2ccc([C@@H]3CC[C@H](c4ccc(-c5c[nH]c([C@@H]6CCCN6C(=O)[C@@H](NC(=O)O)C(C)C)n5)cc4)N3c3ccc(C4CC4)cc3)cc2)c[nH]1)C(C)C. The summed E-state index contributed by atoms with van der Waals surface area (Å²) in [6.45, 7) is 8.67. The lowest BCUT2D eigenvalue weighted by molar-refractivity contribution is -0.136. The molecule has 0 unspecified atom stereocenters. The molecule has 0 spiro atoms. The second kappa shape index (κ2) is 19.3. The van der Waals surface area contributed by atoms with Crippen molar-refractivity contribution in [3.8, 4) is 22.5 Å². The predicted molar refractivity (Wildman–Crippen MR) is 255 cm³/mol. The number of rotatable bonds is 14. The molecule has 67 heavy (non-hydrogen) atoms. The van der Waals surface area contributed by atoms with Crippen LogP contribution in [0, 0.1) is 11.8 Å². The van der Waals surface area contributed by atoms with Crippen LogP contribution in [-0.4, -0.2) is 91.1 Å². The summed E-state index contributed by atoms with van der Waals surface area (Å²) in [6, 6.07) is 25.0. The van der Waals surface area contributed by atoms with Crippen molar-refractivity contribution in [2.45, 2.75) is 121 Å². The van der Waals surface area contributed by atoms with E-state index in [9.17, 15) is 24.3 Å². The van der Waals surface area contributed by atoms with Gasteiger partial charge < -0.3 is 45.1 Å². The molecule has 9 rings (SSSR count). The van der Waals surface area contributed by atoms with Crippen LogP contribution in [0.1, 0.15) is 137 Å². The minimum absolute atomic E-state index is 0.110. The minimum atomic E-state index is -1.21. The minimum Gasteiger partial charge on any atom is -0.465 e. The number of aromatic amines is 2. The molecule has 3 saturated heterocycles. The van der Waals surface area contributed by atoms with Gasteiger partial charge in [-0.1, -0.05) is 88.4 Å². The van der Waals surface area contributed by atoms with Crippen LogP contribution in [0.25, 0.3) is 22.5 Å². The topological polar surface area (TPSA) is 189 Å². The maximum atomic E-state index is 13.7. The molecule has 5 heterocycles. The summed E-state index contributed by atoms with van der Waals surface area (Å²) < 4.78 is 4.81. The van der Waals surface area contributed by atoms with E-state index in [1.54, 1.807) is 4.90 Å². The van der Waals surface area contributed by atoms with E-state index >= 15 is 0 Å². The molecule has 352 valence electrons. The van der Waals surface area contributed by atoms with Gasteiger partial charge in [-0.2, -0.15) is 0 Å². The number of anilines is 1. The molecule has 4 fully saturated rings. The number of nitrogens with zero attached hydrogens (tertiary/aromatic N) is 5. The van der Waals surface area contributed by atoms with Gasteiger partial charge in [0.05, 0.1) is 42.7 Å². The lowest BCUT2D eigenvalue weighted by atomic mass is 10.0. The molecular weight excluding hydrogens is 847 g/mol. The summed E-state index contributed by atoms with van der Waals surface area (Å²) in [5.41, 5.74) is 8.65. The first-order valence-electron chi connectivity index (χ1n) is 24.0. The average Bonchev–Trinajstić information content (AvgIpc) is 3.95. The van der Waals surface area contributed by atoms with Crippen LogP contribution < -0.4 is 15.5 Å². The second-order valence-electron chi connectivity index (χ2n) is 19.4. The molecule has 4 amide bonds. The first-order chi connectivity index (χ1) is 32.4. The first kappa shape index (κ1) is 45.5. The molecule has 5 N–H and O–H groups in total. The standard InChI is InChI=1S/C52H63N9O6/c1-30(2)45(57-51(64)65)49(62)59-26-6-8-43(59)47-53-28-39(55-47)34-12-16-36(17-13-34)41-24-25-42(61(41)38-22-20-33(21-23-38)32-10-11-32)37-18-14-35(15-19-37)40-29-54-48(56-40)44-9-7-27-60(44)50(63)46(31(3)4)58-52(66)67-5/h12-23,28-32,41-46,57H,6-11,24-27H2,1-5H3,(H,53,55)(H,54,56)(H,58,66)(H,64,65)/t41-,42+,43+,44+,45+,46+/m1/s1. The molecule has 3 aromatic carbocycles. The predicted octanol–water partition coefficient (Wildman–Crippen LogP) is 9.43. The molecule has 0 radical (unpaired) electrons. The number of H-pyrrole nitrogens is 2. The summed E-state index contributed by atoms with van der Waals surface area (Å²) in [4.78, 5) is 73.8. The molecule has 5 aromatic rings. The normalized spacial score (nSPS) is 21.5. The number of methoxy groups -OCH3 is 1. The van der Waals surface area contributed by atoms with E-state index in [0.717, 1.165) is 66.9 Å². The number of hydrogen-bond acceptors (Lipinski definition) is 8. The zero-order valence-electron chi connectivity index (χ0n) is 39.1. The van der Waals surface area contributed by atoms with Gasteiger partial charge in [0.25, 0.3) is 0 Å². The van der Waals surface area contributed by atoms with Crippen molar-refractivity contribution in [1.82, 2.24) is 40.4 Å². The van der Waals surface area contributed by atoms with Gasteiger partial charge in [-0.05, 0) is 97.9 Å². The van der Waals surface area contributed by atoms with E-state index in [4.69, 9.17) is 14.7 Å². The number of likely N-dealkylation sites (tertiary alicyclic amines) is 2. The Balaban J connectivity index is 0.918. The molecule has 15 nitrogen and oxygen atoms in total. The van der Waals surface area contributed by atoms with E-state index in [0.29, 0.717) is 24.8 Å². The number of carboxylic acid groups (broad SMARTS) is 1. The number of ether oxygens (including phenoxy) is 1. The van der Waals surface area contributed by atoms with Crippen molar-refractivity contribution in [3.05, 3.63) is 114 Å². The van der Waals surface area contributed by atoms with Crippen LogP contribution >= 0.6 is 0 Å². The van der Waals surface area contributed by atoms with Crippen LogP contribution in [-0.2, 0) is 14.3 Å². The van der Waals surface area contributed by atoms with Crippen molar-refractivity contribution in [2.24, 2.45) is 11.8 Å². The molecule has 15 heteroatoms. The second-order valence-corrected chi connectivity index (χ2v) is 19.4. The molecule has 1 aliphatic carbocycles. The number of hydrogen-bond donors (Lipinski definition) is 5. The molecule has 0 bridgehead atoms. The first-order valence-corrected chi connectivity index (χ1v) is 24.0. The fraction of sp³-hybridized carbons (Fsp3) is 0.462. The van der Waals surface area contributed by atoms with Gasteiger partial charge in [-0.15, -0.1) is 0 Å². The summed E-state index contributed by atoms with van der Waals surface area (Å²) in [5.74, 6) is 1.47. The van der Waals surface area contributed by atoms with Crippen LogP contribution in [0.3, 0.4) is 0 Å². The van der Waals surface area contributed by atoms with Crippen LogP contribution in [0.4, 0.5) is 15.3 Å². The maximum absolute atomic E-state index is 13.7. The van der Waals surface area contributed by atoms with Gasteiger partial charge >= 0.3 is 12.2 Å². The third-order valence-electron chi connectivity index (χ3n) is 14.3. The monoisotopic (exact) mass is 909 g/mol. The van der Waals surface area contributed by atoms with Crippen LogP contribution in [0.5, 0.6) is 0 Å². The van der Waals surface area contributed by atoms with E-state index in [2.05, 4.69) is 98.3 Å². The Morgan fingerprint density at radius 3 is 1.48 bits per heavy atom. The molecule has 3 aliphatic heterocycles. The third-order valence-corrected chi connectivity index (χ3v) is 14.3. The Bertz CT molecular complexity index is 2550. The van der Waals surface area contributed by atoms with Crippen LogP contribution in [0.15, 0.2) is 85.2 Å². The number of carbonyl (C=O) groups is 4. The summed E-state index contributed by atoms with van der Waals surface area (Å²) in [6.07, 6.45) is 9.67. The molecule has 1 saturated carbocycles. The van der Waals surface area contributed by atoms with Gasteiger partial charge in [0.15, 0.2) is 0 Å². The maximum Gasteiger partial charge on any atom is 0.407 e. The number of imidazole rings is 2. The largest absolute Gasteiger partial charge is 0.465 e. The van der Waals surface area contributed by atoms with Gasteiger partial charge in [-0.3, -0.25) is 9.59 Å². The highest BCUT2D eigenvalue weighted by Crippen LogP contribution is 2.48. The zero-order valence-corrected chi connectivity index (χ0v) is 39.1. The lowest BCUT2D eigenvalue weighted by Gasteiger charge is -2.33. The number of carbonyl (C=O) groups excluding carboxylic acids is 3. The van der Waals surface area contributed by atoms with Crippen molar-refractivity contribution >= 4 is 29.7 Å². The average molecular weight is 910 g/mol. The van der Waals surface area contributed by atoms with E-state index in [-0.39, 0.29) is 47.8 Å². The Labute approximate surface area is 392 Å².